The third-order valence-electron chi connectivity index (χ3n) is 3.59. The SMILES string of the molecule is CN(CCn1cccn1)Cc1c(C(=O)O)oc2ccccc12. The number of carboxylic acids is 1. The molecule has 2 aromatic heterocycles. The van der Waals surface area contributed by atoms with E-state index in [4.69, 9.17) is 4.42 Å². The highest BCUT2D eigenvalue weighted by molar-refractivity contribution is 5.95. The Labute approximate surface area is 127 Å². The minimum absolute atomic E-state index is 0.0205. The number of aromatic nitrogens is 2. The number of carbonyl (C=O) groups is 1. The van der Waals surface area contributed by atoms with Gasteiger partial charge in [0, 0.05) is 36.4 Å². The van der Waals surface area contributed by atoms with Gasteiger partial charge in [-0.1, -0.05) is 18.2 Å². The van der Waals surface area contributed by atoms with Gasteiger partial charge in [0.2, 0.25) is 5.76 Å². The molecular weight excluding hydrogens is 282 g/mol. The molecule has 1 N–H and O–H groups in total. The van der Waals surface area contributed by atoms with Crippen molar-refractivity contribution in [3.63, 3.8) is 0 Å². The number of rotatable bonds is 6. The molecule has 3 aromatic rings. The van der Waals surface area contributed by atoms with Crippen LogP contribution in [0, 0.1) is 0 Å². The lowest BCUT2D eigenvalue weighted by Crippen LogP contribution is -2.23. The Kier molecular flexibility index (Phi) is 3.93. The van der Waals surface area contributed by atoms with E-state index in [1.807, 2.05) is 42.2 Å². The van der Waals surface area contributed by atoms with Crippen molar-refractivity contribution in [2.24, 2.45) is 0 Å². The Balaban J connectivity index is 1.79. The quantitative estimate of drug-likeness (QED) is 0.757. The third-order valence-corrected chi connectivity index (χ3v) is 3.59. The van der Waals surface area contributed by atoms with Crippen LogP contribution in [0.2, 0.25) is 0 Å². The van der Waals surface area contributed by atoms with Crippen LogP contribution in [0.15, 0.2) is 47.1 Å². The van der Waals surface area contributed by atoms with Gasteiger partial charge in [-0.15, -0.1) is 0 Å². The lowest BCUT2D eigenvalue weighted by Gasteiger charge is -2.16. The van der Waals surface area contributed by atoms with E-state index >= 15 is 0 Å². The van der Waals surface area contributed by atoms with Crippen molar-refractivity contribution >= 4 is 16.9 Å². The van der Waals surface area contributed by atoms with Crippen molar-refractivity contribution in [2.45, 2.75) is 13.1 Å². The average Bonchev–Trinajstić information content (AvgIpc) is 3.13. The summed E-state index contributed by atoms with van der Waals surface area (Å²) in [7, 11) is 1.96. The topological polar surface area (TPSA) is 71.5 Å². The Hall–Kier alpha value is -2.60. The Morgan fingerprint density at radius 2 is 2.18 bits per heavy atom. The van der Waals surface area contributed by atoms with Gasteiger partial charge in [-0.25, -0.2) is 4.79 Å². The molecule has 114 valence electrons. The number of para-hydroxylation sites is 1. The van der Waals surface area contributed by atoms with Crippen LogP contribution >= 0.6 is 0 Å². The number of nitrogens with zero attached hydrogens (tertiary/aromatic N) is 3. The number of hydrogen-bond donors (Lipinski definition) is 1. The van der Waals surface area contributed by atoms with Gasteiger partial charge in [0.15, 0.2) is 0 Å². The molecule has 0 fully saturated rings. The average molecular weight is 299 g/mol. The summed E-state index contributed by atoms with van der Waals surface area (Å²) in [5.74, 6) is -1.01. The second kappa shape index (κ2) is 6.03. The van der Waals surface area contributed by atoms with E-state index in [0.717, 1.165) is 18.5 Å². The molecule has 0 aliphatic rings. The minimum atomic E-state index is -1.04. The molecule has 0 aliphatic heterocycles. The zero-order valence-electron chi connectivity index (χ0n) is 12.3. The summed E-state index contributed by atoms with van der Waals surface area (Å²) in [5.41, 5.74) is 1.32. The van der Waals surface area contributed by atoms with Crippen LogP contribution in [0.4, 0.5) is 0 Å². The second-order valence-corrected chi connectivity index (χ2v) is 5.22. The zero-order valence-corrected chi connectivity index (χ0v) is 12.3. The maximum Gasteiger partial charge on any atom is 0.372 e. The van der Waals surface area contributed by atoms with Crippen LogP contribution in [0.25, 0.3) is 11.0 Å². The number of benzene rings is 1. The lowest BCUT2D eigenvalue weighted by atomic mass is 10.1. The molecule has 3 rings (SSSR count). The van der Waals surface area contributed by atoms with E-state index in [1.54, 1.807) is 12.3 Å². The molecule has 0 spiro atoms. The van der Waals surface area contributed by atoms with Gasteiger partial charge in [-0.05, 0) is 19.2 Å². The molecule has 6 heteroatoms. The van der Waals surface area contributed by atoms with Crippen LogP contribution in [-0.2, 0) is 13.1 Å². The number of furan rings is 1. The molecule has 0 saturated carbocycles. The maximum atomic E-state index is 11.4. The fourth-order valence-corrected chi connectivity index (χ4v) is 2.48. The summed E-state index contributed by atoms with van der Waals surface area (Å²) in [6, 6.07) is 9.28. The van der Waals surface area contributed by atoms with Crippen LogP contribution in [0.3, 0.4) is 0 Å². The highest BCUT2D eigenvalue weighted by Crippen LogP contribution is 2.26. The zero-order chi connectivity index (χ0) is 15.5. The van der Waals surface area contributed by atoms with E-state index in [-0.39, 0.29) is 5.76 Å². The van der Waals surface area contributed by atoms with E-state index in [1.165, 1.54) is 0 Å². The predicted octanol–water partition coefficient (Wildman–Crippen LogP) is 2.46. The fourth-order valence-electron chi connectivity index (χ4n) is 2.48. The van der Waals surface area contributed by atoms with Crippen LogP contribution < -0.4 is 0 Å². The van der Waals surface area contributed by atoms with Crippen molar-refractivity contribution in [3.05, 3.63) is 54.0 Å². The number of fused-ring (bicyclic) bond motifs is 1. The van der Waals surface area contributed by atoms with Gasteiger partial charge in [0.1, 0.15) is 5.58 Å². The Morgan fingerprint density at radius 3 is 2.91 bits per heavy atom. The van der Waals surface area contributed by atoms with Crippen molar-refractivity contribution < 1.29 is 14.3 Å². The highest BCUT2D eigenvalue weighted by atomic mass is 16.4. The van der Waals surface area contributed by atoms with Gasteiger partial charge in [-0.2, -0.15) is 5.10 Å². The second-order valence-electron chi connectivity index (χ2n) is 5.22. The van der Waals surface area contributed by atoms with Gasteiger partial charge < -0.3 is 14.4 Å². The van der Waals surface area contributed by atoms with Crippen molar-refractivity contribution in [1.82, 2.24) is 14.7 Å². The smallest absolute Gasteiger partial charge is 0.372 e. The standard InChI is InChI=1S/C16H17N3O3/c1-18(9-10-19-8-4-7-17-19)11-13-12-5-2-3-6-14(12)22-15(13)16(20)21/h2-8H,9-11H2,1H3,(H,20,21). The van der Waals surface area contributed by atoms with Gasteiger partial charge in [0.05, 0.1) is 6.54 Å². The summed E-state index contributed by atoms with van der Waals surface area (Å²) in [4.78, 5) is 13.5. The van der Waals surface area contributed by atoms with Crippen LogP contribution in [-0.4, -0.2) is 39.3 Å². The maximum absolute atomic E-state index is 11.4. The van der Waals surface area contributed by atoms with Gasteiger partial charge >= 0.3 is 5.97 Å². The fraction of sp³-hybridized carbons (Fsp3) is 0.250. The molecule has 0 radical (unpaired) electrons. The number of aromatic carboxylic acids is 1. The van der Waals surface area contributed by atoms with Crippen LogP contribution in [0.1, 0.15) is 16.1 Å². The number of hydrogen-bond acceptors (Lipinski definition) is 4. The molecule has 0 amide bonds. The summed E-state index contributed by atoms with van der Waals surface area (Å²) >= 11 is 0. The van der Waals surface area contributed by atoms with E-state index in [9.17, 15) is 9.90 Å². The molecule has 6 nitrogen and oxygen atoms in total. The van der Waals surface area contributed by atoms with E-state index in [2.05, 4.69) is 10.00 Å². The summed E-state index contributed by atoms with van der Waals surface area (Å²) in [6.45, 7) is 2.03. The first-order chi connectivity index (χ1) is 10.6. The van der Waals surface area contributed by atoms with Crippen molar-refractivity contribution in [2.75, 3.05) is 13.6 Å². The summed E-state index contributed by atoms with van der Waals surface area (Å²) in [5, 5.41) is 14.3. The molecular formula is C16H17N3O3. The summed E-state index contributed by atoms with van der Waals surface area (Å²) < 4.78 is 7.32. The van der Waals surface area contributed by atoms with Crippen molar-refractivity contribution in [1.29, 1.82) is 0 Å². The molecule has 22 heavy (non-hydrogen) atoms. The monoisotopic (exact) mass is 299 g/mol. The molecule has 0 bridgehead atoms. The third kappa shape index (κ3) is 2.87. The first-order valence-corrected chi connectivity index (χ1v) is 7.05. The normalized spacial score (nSPS) is 11.4. The molecule has 0 unspecified atom stereocenters. The largest absolute Gasteiger partial charge is 0.475 e. The van der Waals surface area contributed by atoms with E-state index < -0.39 is 5.97 Å². The lowest BCUT2D eigenvalue weighted by molar-refractivity contribution is 0.0662. The Morgan fingerprint density at radius 1 is 1.36 bits per heavy atom. The molecule has 0 saturated heterocycles. The highest BCUT2D eigenvalue weighted by Gasteiger charge is 2.20. The van der Waals surface area contributed by atoms with E-state index in [0.29, 0.717) is 17.7 Å². The summed E-state index contributed by atoms with van der Waals surface area (Å²) in [6.07, 6.45) is 3.65. The predicted molar refractivity (Wildman–Crippen MR) is 81.7 cm³/mol. The number of carboxylic acid groups (broad SMARTS) is 1. The van der Waals surface area contributed by atoms with Crippen LogP contribution in [0.5, 0.6) is 0 Å². The first kappa shape index (κ1) is 14.3. The van der Waals surface area contributed by atoms with Crippen molar-refractivity contribution in [3.8, 4) is 0 Å². The van der Waals surface area contributed by atoms with Gasteiger partial charge in [0.25, 0.3) is 0 Å². The molecule has 2 heterocycles. The molecule has 1 aromatic carbocycles. The van der Waals surface area contributed by atoms with Gasteiger partial charge in [-0.3, -0.25) is 4.68 Å². The molecule has 0 atom stereocenters. The first-order valence-electron chi connectivity index (χ1n) is 7.05. The Bertz CT molecular complexity index is 777. The molecule has 0 aliphatic carbocycles. The minimum Gasteiger partial charge on any atom is -0.475 e. The number of likely N-dealkylation sites (N-methyl/N-ethyl adjacent to an activating group) is 1.